The van der Waals surface area contributed by atoms with E-state index in [1.807, 2.05) is 0 Å². The minimum absolute atomic E-state index is 0.0892. The molecule has 1 saturated carbocycles. The number of alkyl halides is 3. The van der Waals surface area contributed by atoms with Crippen LogP contribution in [0.15, 0.2) is 53.6 Å². The predicted octanol–water partition coefficient (Wildman–Crippen LogP) is 5.26. The molecule has 0 aromatic heterocycles. The third-order valence-electron chi connectivity index (χ3n) is 4.96. The summed E-state index contributed by atoms with van der Waals surface area (Å²) in [5.41, 5.74) is 4.73. The summed E-state index contributed by atoms with van der Waals surface area (Å²) < 4.78 is 37.6. The van der Waals surface area contributed by atoms with Crippen LogP contribution in [0.5, 0.6) is 0 Å². The zero-order valence-electron chi connectivity index (χ0n) is 16.0. The smallest absolute Gasteiger partial charge is 0.273 e. The monoisotopic (exact) mass is 388 g/mol. The van der Waals surface area contributed by atoms with Crippen molar-refractivity contribution >= 4 is 12.1 Å². The molecule has 0 heterocycles. The first-order valence-electron chi connectivity index (χ1n) is 9.16. The van der Waals surface area contributed by atoms with E-state index in [1.165, 1.54) is 23.9 Å². The second kappa shape index (κ2) is 7.41. The van der Waals surface area contributed by atoms with E-state index in [4.69, 9.17) is 0 Å². The third-order valence-corrected chi connectivity index (χ3v) is 4.96. The van der Waals surface area contributed by atoms with Gasteiger partial charge < -0.3 is 0 Å². The van der Waals surface area contributed by atoms with Crippen molar-refractivity contribution in [3.63, 3.8) is 0 Å². The standard InChI is InChI=1S/C22H23F3N2O/c1-21(2,3)16-10-6-15(7-11-16)18-12-19(18)20(28)27-26-13-14-4-8-17(9-5-14)22(23,24)25/h4-11,13,18-19H,12H2,1-3H3,(H,27,28)/t18-,19-/m0/s1. The lowest BCUT2D eigenvalue weighted by Crippen LogP contribution is -2.20. The lowest BCUT2D eigenvalue weighted by molar-refractivity contribution is -0.137. The van der Waals surface area contributed by atoms with Crippen molar-refractivity contribution in [2.45, 2.75) is 44.7 Å². The Labute approximate surface area is 162 Å². The van der Waals surface area contributed by atoms with Gasteiger partial charge in [-0.05, 0) is 46.6 Å². The van der Waals surface area contributed by atoms with Crippen LogP contribution in [0.25, 0.3) is 0 Å². The number of halogens is 3. The molecule has 0 radical (unpaired) electrons. The van der Waals surface area contributed by atoms with E-state index in [9.17, 15) is 18.0 Å². The van der Waals surface area contributed by atoms with Gasteiger partial charge in [-0.15, -0.1) is 0 Å². The Morgan fingerprint density at radius 1 is 1.00 bits per heavy atom. The fraction of sp³-hybridized carbons (Fsp3) is 0.364. The number of amides is 1. The van der Waals surface area contributed by atoms with Crippen molar-refractivity contribution < 1.29 is 18.0 Å². The van der Waals surface area contributed by atoms with Crippen LogP contribution >= 0.6 is 0 Å². The van der Waals surface area contributed by atoms with Gasteiger partial charge in [0.1, 0.15) is 0 Å². The predicted molar refractivity (Wildman–Crippen MR) is 103 cm³/mol. The zero-order chi connectivity index (χ0) is 20.5. The molecule has 28 heavy (non-hydrogen) atoms. The van der Waals surface area contributed by atoms with E-state index in [0.29, 0.717) is 5.56 Å². The van der Waals surface area contributed by atoms with Crippen LogP contribution in [0.2, 0.25) is 0 Å². The van der Waals surface area contributed by atoms with Gasteiger partial charge in [0.2, 0.25) is 5.91 Å². The largest absolute Gasteiger partial charge is 0.416 e. The van der Waals surface area contributed by atoms with Gasteiger partial charge in [0, 0.05) is 5.92 Å². The normalized spacial score (nSPS) is 19.6. The first-order chi connectivity index (χ1) is 13.1. The van der Waals surface area contributed by atoms with E-state index in [-0.39, 0.29) is 23.2 Å². The van der Waals surface area contributed by atoms with Gasteiger partial charge in [0.25, 0.3) is 0 Å². The molecular weight excluding hydrogens is 365 g/mol. The van der Waals surface area contributed by atoms with Crippen molar-refractivity contribution in [2.24, 2.45) is 11.0 Å². The number of nitrogens with one attached hydrogen (secondary N) is 1. The molecule has 1 amide bonds. The first-order valence-corrected chi connectivity index (χ1v) is 9.16. The molecule has 1 N–H and O–H groups in total. The number of rotatable bonds is 4. The van der Waals surface area contributed by atoms with Crippen molar-refractivity contribution in [3.05, 3.63) is 70.8 Å². The summed E-state index contributed by atoms with van der Waals surface area (Å²) in [7, 11) is 0. The molecule has 3 nitrogen and oxygen atoms in total. The number of nitrogens with zero attached hydrogens (tertiary/aromatic N) is 1. The van der Waals surface area contributed by atoms with Crippen LogP contribution in [0.1, 0.15) is 55.4 Å². The number of carbonyl (C=O) groups excluding carboxylic acids is 1. The highest BCUT2D eigenvalue weighted by Gasteiger charge is 2.44. The van der Waals surface area contributed by atoms with E-state index >= 15 is 0 Å². The van der Waals surface area contributed by atoms with Crippen molar-refractivity contribution in [1.82, 2.24) is 5.43 Å². The molecule has 3 rings (SSSR count). The Kier molecular flexibility index (Phi) is 5.33. The highest BCUT2D eigenvalue weighted by atomic mass is 19.4. The molecule has 1 aliphatic rings. The SMILES string of the molecule is CC(C)(C)c1ccc([C@@H]2C[C@@H]2C(=O)NN=Cc2ccc(C(F)(F)F)cc2)cc1. The summed E-state index contributed by atoms with van der Waals surface area (Å²) in [6.07, 6.45) is -2.25. The molecule has 0 bridgehead atoms. The lowest BCUT2D eigenvalue weighted by Gasteiger charge is -2.19. The van der Waals surface area contributed by atoms with Gasteiger partial charge in [-0.3, -0.25) is 4.79 Å². The fourth-order valence-corrected chi connectivity index (χ4v) is 3.09. The average molecular weight is 388 g/mol. The lowest BCUT2D eigenvalue weighted by atomic mass is 9.86. The fourth-order valence-electron chi connectivity index (χ4n) is 3.09. The molecule has 2 aromatic carbocycles. The number of carbonyl (C=O) groups is 1. The molecule has 2 aromatic rings. The van der Waals surface area contributed by atoms with Crippen molar-refractivity contribution in [3.8, 4) is 0 Å². The number of hydrazone groups is 1. The number of hydrogen-bond donors (Lipinski definition) is 1. The third kappa shape index (κ3) is 4.80. The maximum absolute atomic E-state index is 12.5. The van der Waals surface area contributed by atoms with Crippen LogP contribution < -0.4 is 5.43 Å². The molecule has 148 valence electrons. The topological polar surface area (TPSA) is 41.5 Å². The Hall–Kier alpha value is -2.63. The van der Waals surface area contributed by atoms with Gasteiger partial charge in [0.05, 0.1) is 11.8 Å². The van der Waals surface area contributed by atoms with Crippen LogP contribution in [0.3, 0.4) is 0 Å². The quantitative estimate of drug-likeness (QED) is 0.564. The molecule has 0 unspecified atom stereocenters. The first kappa shape index (κ1) is 20.1. The Morgan fingerprint density at radius 3 is 2.11 bits per heavy atom. The van der Waals surface area contributed by atoms with E-state index in [0.717, 1.165) is 24.1 Å². The molecule has 0 aliphatic heterocycles. The van der Waals surface area contributed by atoms with Gasteiger partial charge in [-0.25, -0.2) is 5.43 Å². The average Bonchev–Trinajstić information content (AvgIpc) is 3.41. The molecule has 6 heteroatoms. The Morgan fingerprint density at radius 2 is 1.57 bits per heavy atom. The summed E-state index contributed by atoms with van der Waals surface area (Å²) in [4.78, 5) is 12.2. The van der Waals surface area contributed by atoms with Gasteiger partial charge in [-0.1, -0.05) is 57.2 Å². The summed E-state index contributed by atoms with van der Waals surface area (Å²) in [5.74, 6) is -0.103. The molecule has 1 aliphatic carbocycles. The Bertz CT molecular complexity index is 863. The second-order valence-electron chi connectivity index (χ2n) is 8.17. The van der Waals surface area contributed by atoms with Crippen LogP contribution in [-0.2, 0) is 16.4 Å². The minimum atomic E-state index is -4.37. The number of hydrogen-bond acceptors (Lipinski definition) is 2. The summed E-state index contributed by atoms with van der Waals surface area (Å²) in [6, 6.07) is 13.0. The molecule has 2 atom stereocenters. The van der Waals surface area contributed by atoms with Gasteiger partial charge in [0.15, 0.2) is 0 Å². The molecule has 0 saturated heterocycles. The van der Waals surface area contributed by atoms with E-state index in [2.05, 4.69) is 55.6 Å². The summed E-state index contributed by atoms with van der Waals surface area (Å²) >= 11 is 0. The van der Waals surface area contributed by atoms with Crippen molar-refractivity contribution in [1.29, 1.82) is 0 Å². The van der Waals surface area contributed by atoms with Gasteiger partial charge in [-0.2, -0.15) is 18.3 Å². The maximum atomic E-state index is 12.5. The van der Waals surface area contributed by atoms with Crippen LogP contribution in [0.4, 0.5) is 13.2 Å². The van der Waals surface area contributed by atoms with E-state index < -0.39 is 11.7 Å². The maximum Gasteiger partial charge on any atom is 0.416 e. The number of benzene rings is 2. The zero-order valence-corrected chi connectivity index (χ0v) is 16.0. The Balaban J connectivity index is 1.53. The van der Waals surface area contributed by atoms with E-state index in [1.54, 1.807) is 0 Å². The van der Waals surface area contributed by atoms with Crippen LogP contribution in [-0.4, -0.2) is 12.1 Å². The molecule has 1 fully saturated rings. The highest BCUT2D eigenvalue weighted by Crippen LogP contribution is 2.47. The van der Waals surface area contributed by atoms with Gasteiger partial charge >= 0.3 is 6.18 Å². The van der Waals surface area contributed by atoms with Crippen molar-refractivity contribution in [2.75, 3.05) is 0 Å². The highest BCUT2D eigenvalue weighted by molar-refractivity contribution is 5.85. The molecular formula is C22H23F3N2O. The summed E-state index contributed by atoms with van der Waals surface area (Å²) in [6.45, 7) is 6.47. The summed E-state index contributed by atoms with van der Waals surface area (Å²) in [5, 5.41) is 3.86. The second-order valence-corrected chi connectivity index (χ2v) is 8.17. The molecule has 0 spiro atoms. The van der Waals surface area contributed by atoms with Crippen LogP contribution in [0, 0.1) is 5.92 Å². The minimum Gasteiger partial charge on any atom is -0.273 e.